The van der Waals surface area contributed by atoms with Gasteiger partial charge < -0.3 is 10.3 Å². The molecule has 0 atom stereocenters. The maximum Gasteiger partial charge on any atom is 0.258 e. The number of H-pyrrole nitrogens is 1. The van der Waals surface area contributed by atoms with E-state index in [0.717, 1.165) is 0 Å². The maximum atomic E-state index is 13.9. The number of pyridine rings is 1. The number of aromatic nitrogens is 1. The smallest absolute Gasteiger partial charge is 0.258 e. The van der Waals surface area contributed by atoms with Gasteiger partial charge in [-0.3, -0.25) is 14.9 Å². The highest BCUT2D eigenvalue weighted by molar-refractivity contribution is 14.2. The van der Waals surface area contributed by atoms with Crippen LogP contribution in [0.1, 0.15) is 31.1 Å². The molecule has 0 aliphatic rings. The molecule has 0 unspecified atom stereocenters. The zero-order chi connectivity index (χ0) is 19.3. The number of rotatable bonds is 3. The van der Waals surface area contributed by atoms with Crippen molar-refractivity contribution in [3.05, 3.63) is 61.7 Å². The van der Waals surface area contributed by atoms with Gasteiger partial charge in [-0.1, -0.05) is 31.3 Å². The Hall–Kier alpha value is -2.36. The van der Waals surface area contributed by atoms with E-state index in [4.69, 9.17) is 0 Å². The van der Waals surface area contributed by atoms with Gasteiger partial charge in [-0.25, -0.2) is 9.38 Å². The van der Waals surface area contributed by atoms with Crippen LogP contribution in [-0.4, -0.2) is 26.9 Å². The van der Waals surface area contributed by atoms with E-state index in [9.17, 15) is 14.0 Å². The molecule has 0 aliphatic heterocycles. The molecule has 6 nitrogen and oxygen atoms in total. The molecule has 138 valence electrons. The number of nitrogens with zero attached hydrogens (tertiary/aromatic N) is 1. The Morgan fingerprint density at radius 2 is 2.00 bits per heavy atom. The molecule has 3 N–H and O–H groups in total. The first-order chi connectivity index (χ1) is 12.2. The van der Waals surface area contributed by atoms with E-state index in [0.29, 0.717) is 9.39 Å². The van der Waals surface area contributed by atoms with Gasteiger partial charge >= 0.3 is 0 Å². The molecule has 1 aromatic carbocycles. The summed E-state index contributed by atoms with van der Waals surface area (Å²) in [6, 6.07) is 8.91. The molecule has 1 heterocycles. The minimum atomic E-state index is -0.645. The van der Waals surface area contributed by atoms with Gasteiger partial charge in [0.1, 0.15) is 11.6 Å². The Balaban J connectivity index is 2.27. The van der Waals surface area contributed by atoms with E-state index in [-0.39, 0.29) is 17.1 Å². The predicted molar refractivity (Wildman–Crippen MR) is 112 cm³/mol. The molecule has 0 saturated carbocycles. The highest BCUT2D eigenvalue weighted by Crippen LogP contribution is 2.16. The molecular formula is C18H20FIN4O2. The molecule has 1 amide bonds. The number of nitrogens with one attached hydrogen (secondary N) is 3. The van der Waals surface area contributed by atoms with Crippen LogP contribution >= 0.6 is 20.7 Å². The monoisotopic (exact) mass is 470 g/mol. The van der Waals surface area contributed by atoms with E-state index in [2.05, 4.69) is 25.1 Å². The number of guanidine groups is 1. The number of halogens is 2. The first kappa shape index (κ1) is 20.0. The zero-order valence-electron chi connectivity index (χ0n) is 14.7. The molecule has 0 aliphatic carbocycles. The maximum absolute atomic E-state index is 13.9. The topological polar surface area (TPSA) is 86.3 Å². The van der Waals surface area contributed by atoms with Crippen LogP contribution in [0.3, 0.4) is 0 Å². The van der Waals surface area contributed by atoms with Crippen LogP contribution in [-0.2, 0) is 0 Å². The van der Waals surface area contributed by atoms with Crippen molar-refractivity contribution in [2.45, 2.75) is 26.3 Å². The minimum Gasteiger partial charge on any atom is -0.312 e. The second-order valence-corrected chi connectivity index (χ2v) is 8.33. The lowest BCUT2D eigenvalue weighted by Gasteiger charge is -2.18. The largest absolute Gasteiger partial charge is 0.312 e. The fourth-order valence-corrected chi connectivity index (χ4v) is 2.95. The van der Waals surface area contributed by atoms with Crippen LogP contribution in [0.4, 0.5) is 10.2 Å². The number of carbonyl (C=O) groups excluding carboxylic acids is 1. The summed E-state index contributed by atoms with van der Waals surface area (Å²) in [5, 5.41) is 5.51. The van der Waals surface area contributed by atoms with E-state index < -0.39 is 38.0 Å². The average molecular weight is 470 g/mol. The van der Waals surface area contributed by atoms with E-state index in [1.165, 1.54) is 12.1 Å². The molecule has 8 heteroatoms. The quantitative estimate of drug-likeness (QED) is 0.366. The summed E-state index contributed by atoms with van der Waals surface area (Å²) in [6.45, 7) is 5.59. The Morgan fingerprint density at radius 3 is 2.58 bits per heavy atom. The summed E-state index contributed by atoms with van der Waals surface area (Å²) < 4.78 is 18.2. The Bertz CT molecular complexity index is 916. The van der Waals surface area contributed by atoms with Gasteiger partial charge in [-0.05, 0) is 45.0 Å². The minimum absolute atomic E-state index is 0.151. The van der Waals surface area contributed by atoms with Crippen molar-refractivity contribution in [2.75, 3.05) is 5.32 Å². The van der Waals surface area contributed by atoms with E-state index in [1.807, 2.05) is 20.8 Å². The summed E-state index contributed by atoms with van der Waals surface area (Å²) in [5.74, 6) is -0.413. The van der Waals surface area contributed by atoms with Crippen molar-refractivity contribution < 1.29 is 9.18 Å². The third-order valence-electron chi connectivity index (χ3n) is 3.03. The second-order valence-electron chi connectivity index (χ2n) is 6.40. The molecule has 0 fully saturated rings. The van der Waals surface area contributed by atoms with Crippen molar-refractivity contribution in [1.82, 2.24) is 10.3 Å². The molecule has 2 rings (SSSR count). The van der Waals surface area contributed by atoms with Gasteiger partial charge in [0.05, 0.1) is 5.54 Å². The fourth-order valence-electron chi connectivity index (χ4n) is 2.00. The second kappa shape index (κ2) is 8.35. The van der Waals surface area contributed by atoms with Gasteiger partial charge in [0, 0.05) is 15.2 Å². The molecule has 26 heavy (non-hydrogen) atoms. The number of hydrogen-bond acceptors (Lipinski definition) is 3. The molecule has 0 radical (unpaired) electrons. The van der Waals surface area contributed by atoms with Crippen LogP contribution in [0, 0.1) is 9.39 Å². The van der Waals surface area contributed by atoms with Gasteiger partial charge in [0.2, 0.25) is 11.5 Å². The standard InChI is InChI=1S/C18H20FIN4O2/c1-18(2,3)24-17(22-14-6-5-7-15(25)21-14)23-16(26)11-8-9-13(20-4)12(19)10-11/h5-10H,4H2,1-3H3,(H3,21,22,23,24,25,26). The Labute approximate surface area is 160 Å². The normalized spacial score (nSPS) is 11.9. The van der Waals surface area contributed by atoms with Gasteiger partial charge in [-0.2, -0.15) is 0 Å². The molecule has 0 saturated heterocycles. The van der Waals surface area contributed by atoms with Crippen molar-refractivity contribution in [2.24, 2.45) is 4.99 Å². The van der Waals surface area contributed by atoms with Crippen LogP contribution in [0.15, 0.2) is 46.2 Å². The third kappa shape index (κ3) is 5.87. The third-order valence-corrected chi connectivity index (χ3v) is 4.72. The number of amides is 1. The summed E-state index contributed by atoms with van der Waals surface area (Å²) in [6.07, 6.45) is 0. The zero-order valence-corrected chi connectivity index (χ0v) is 16.8. The number of hydrogen-bond donors (Lipinski definition) is 3. The van der Waals surface area contributed by atoms with Crippen LogP contribution in [0.25, 0.3) is 0 Å². The number of benzene rings is 1. The fraction of sp³-hybridized carbons (Fsp3) is 0.222. The number of aliphatic imine (C=N–C) groups is 1. The highest BCUT2D eigenvalue weighted by atomic mass is 127. The molecule has 0 bridgehead atoms. The number of carbonyl (C=O) groups is 1. The van der Waals surface area contributed by atoms with Crippen molar-refractivity contribution in [3.8, 4) is 0 Å². The van der Waals surface area contributed by atoms with Gasteiger partial charge in [0.25, 0.3) is 5.91 Å². The lowest BCUT2D eigenvalue weighted by Crippen LogP contribution is -2.38. The lowest BCUT2D eigenvalue weighted by molar-refractivity contribution is 0.0976. The Kier molecular flexibility index (Phi) is 6.41. The molecule has 1 aromatic heterocycles. The van der Waals surface area contributed by atoms with Crippen molar-refractivity contribution in [1.29, 1.82) is 0 Å². The van der Waals surface area contributed by atoms with E-state index in [1.54, 1.807) is 24.3 Å². The van der Waals surface area contributed by atoms with Crippen LogP contribution < -0.4 is 16.2 Å². The number of aromatic amines is 1. The SMILES string of the molecule is C=Ic1ccc(C(=O)NC(=NC(C)(C)C)Nc2cccc(=O)[nH]2)cc1F. The van der Waals surface area contributed by atoms with Crippen molar-refractivity contribution in [3.63, 3.8) is 0 Å². The summed E-state index contributed by atoms with van der Waals surface area (Å²) in [5.41, 5.74) is -0.600. The highest BCUT2D eigenvalue weighted by Gasteiger charge is 2.15. The summed E-state index contributed by atoms with van der Waals surface area (Å²) in [7, 11) is 0. The van der Waals surface area contributed by atoms with Crippen molar-refractivity contribution >= 4 is 42.9 Å². The van der Waals surface area contributed by atoms with Crippen LogP contribution in [0.5, 0.6) is 0 Å². The molecular weight excluding hydrogens is 450 g/mol. The Morgan fingerprint density at radius 1 is 1.27 bits per heavy atom. The number of anilines is 1. The molecule has 2 aromatic rings. The lowest BCUT2D eigenvalue weighted by atomic mass is 10.1. The van der Waals surface area contributed by atoms with Gasteiger partial charge in [-0.15, -0.1) is 0 Å². The predicted octanol–water partition coefficient (Wildman–Crippen LogP) is 3.08. The average Bonchev–Trinajstić information content (AvgIpc) is 2.53. The van der Waals surface area contributed by atoms with Gasteiger partial charge in [0.15, 0.2) is 0 Å². The summed E-state index contributed by atoms with van der Waals surface area (Å²) >= 11 is -0.645. The summed E-state index contributed by atoms with van der Waals surface area (Å²) in [4.78, 5) is 30.9. The van der Waals surface area contributed by atoms with Crippen LogP contribution in [0.2, 0.25) is 0 Å². The first-order valence-corrected chi connectivity index (χ1v) is 10.3. The first-order valence-electron chi connectivity index (χ1n) is 7.73. The van der Waals surface area contributed by atoms with E-state index >= 15 is 0 Å². The molecule has 0 spiro atoms.